The van der Waals surface area contributed by atoms with E-state index in [2.05, 4.69) is 15.7 Å². The summed E-state index contributed by atoms with van der Waals surface area (Å²) in [7, 11) is 0. The van der Waals surface area contributed by atoms with E-state index in [1.807, 2.05) is 19.1 Å². The number of amides is 2. The fourth-order valence-corrected chi connectivity index (χ4v) is 3.43. The number of nitrogens with zero attached hydrogens (tertiary/aromatic N) is 2. The van der Waals surface area contributed by atoms with E-state index >= 15 is 0 Å². The highest BCUT2D eigenvalue weighted by Crippen LogP contribution is 2.35. The second-order valence-corrected chi connectivity index (χ2v) is 6.98. The van der Waals surface area contributed by atoms with Crippen LogP contribution in [0.5, 0.6) is 0 Å². The molecule has 0 bridgehead atoms. The summed E-state index contributed by atoms with van der Waals surface area (Å²) < 4.78 is 14.9. The van der Waals surface area contributed by atoms with Crippen molar-refractivity contribution >= 4 is 34.9 Å². The molecule has 142 valence electrons. The van der Waals surface area contributed by atoms with Crippen LogP contribution in [-0.2, 0) is 9.59 Å². The Hall–Kier alpha value is -3.19. The maximum Gasteiger partial charge on any atom is 0.249 e. The molecular formula is C20H16ClFN4O2. The lowest BCUT2D eigenvalue weighted by atomic mass is 10.1. The van der Waals surface area contributed by atoms with Crippen molar-refractivity contribution in [2.45, 2.75) is 19.4 Å². The standard InChI is InChI=1S/C20H16ClFN4O2/c1-11-18(12-4-2-5-13(21)8-12)25-26-16(10-17(27)24-19(11)26)20(28)23-15-7-3-6-14(22)9-15/h2-9,16H,10H2,1H3,(H,23,28)(H,24,27)/t16-/m1/s1. The molecule has 3 aromatic rings. The van der Waals surface area contributed by atoms with Crippen molar-refractivity contribution in [3.05, 3.63) is 64.9 Å². The molecule has 1 aliphatic rings. The summed E-state index contributed by atoms with van der Waals surface area (Å²) in [6, 6.07) is 11.9. The van der Waals surface area contributed by atoms with Gasteiger partial charge in [0, 0.05) is 21.8 Å². The minimum Gasteiger partial charge on any atom is -0.324 e. The summed E-state index contributed by atoms with van der Waals surface area (Å²) in [4.78, 5) is 25.0. The van der Waals surface area contributed by atoms with Crippen molar-refractivity contribution < 1.29 is 14.0 Å². The first kappa shape index (κ1) is 18.2. The summed E-state index contributed by atoms with van der Waals surface area (Å²) in [6.45, 7) is 1.82. The van der Waals surface area contributed by atoms with Gasteiger partial charge in [-0.3, -0.25) is 9.59 Å². The van der Waals surface area contributed by atoms with Gasteiger partial charge in [0.15, 0.2) is 0 Å². The van der Waals surface area contributed by atoms with Crippen LogP contribution in [0, 0.1) is 12.7 Å². The van der Waals surface area contributed by atoms with E-state index in [9.17, 15) is 14.0 Å². The van der Waals surface area contributed by atoms with Gasteiger partial charge in [-0.2, -0.15) is 5.10 Å². The summed E-state index contributed by atoms with van der Waals surface area (Å²) >= 11 is 6.08. The van der Waals surface area contributed by atoms with Crippen LogP contribution in [0.2, 0.25) is 5.02 Å². The van der Waals surface area contributed by atoms with Crippen LogP contribution in [0.4, 0.5) is 15.9 Å². The average molecular weight is 399 g/mol. The third-order valence-electron chi connectivity index (χ3n) is 4.57. The maximum absolute atomic E-state index is 13.4. The van der Waals surface area contributed by atoms with Gasteiger partial charge in [-0.1, -0.05) is 29.8 Å². The van der Waals surface area contributed by atoms with Gasteiger partial charge < -0.3 is 10.6 Å². The smallest absolute Gasteiger partial charge is 0.249 e. The molecular weight excluding hydrogens is 383 g/mol. The molecule has 2 heterocycles. The second-order valence-electron chi connectivity index (χ2n) is 6.54. The number of hydrogen-bond donors (Lipinski definition) is 2. The van der Waals surface area contributed by atoms with Crippen molar-refractivity contribution in [3.8, 4) is 11.3 Å². The molecule has 8 heteroatoms. The number of anilines is 2. The Bertz CT molecular complexity index is 1100. The van der Waals surface area contributed by atoms with Gasteiger partial charge in [0.05, 0.1) is 12.1 Å². The van der Waals surface area contributed by atoms with Crippen LogP contribution in [0.15, 0.2) is 48.5 Å². The summed E-state index contributed by atoms with van der Waals surface area (Å²) in [5, 5.41) is 10.6. The van der Waals surface area contributed by atoms with Crippen molar-refractivity contribution in [3.63, 3.8) is 0 Å². The van der Waals surface area contributed by atoms with Crippen LogP contribution >= 0.6 is 11.6 Å². The molecule has 4 rings (SSSR count). The Balaban J connectivity index is 1.71. The fourth-order valence-electron chi connectivity index (χ4n) is 3.24. The van der Waals surface area contributed by atoms with Crippen molar-refractivity contribution in [1.82, 2.24) is 9.78 Å². The number of carbonyl (C=O) groups is 2. The van der Waals surface area contributed by atoms with Gasteiger partial charge in [-0.25, -0.2) is 9.07 Å². The first-order chi connectivity index (χ1) is 13.4. The Morgan fingerprint density at radius 2 is 2.07 bits per heavy atom. The van der Waals surface area contributed by atoms with Crippen molar-refractivity contribution in [2.24, 2.45) is 0 Å². The number of nitrogens with one attached hydrogen (secondary N) is 2. The monoisotopic (exact) mass is 398 g/mol. The largest absolute Gasteiger partial charge is 0.324 e. The van der Waals surface area contributed by atoms with E-state index in [1.165, 1.54) is 22.9 Å². The summed E-state index contributed by atoms with van der Waals surface area (Å²) in [5.74, 6) is -0.724. The molecule has 2 aromatic carbocycles. The fraction of sp³-hybridized carbons (Fsp3) is 0.150. The van der Waals surface area contributed by atoms with E-state index in [0.717, 1.165) is 11.1 Å². The number of hydrogen-bond acceptors (Lipinski definition) is 3. The topological polar surface area (TPSA) is 76.0 Å². The minimum atomic E-state index is -0.848. The van der Waals surface area contributed by atoms with Gasteiger partial charge in [0.2, 0.25) is 11.8 Å². The molecule has 0 saturated carbocycles. The van der Waals surface area contributed by atoms with Crippen molar-refractivity contribution in [2.75, 3.05) is 10.6 Å². The average Bonchev–Trinajstić information content (AvgIpc) is 2.98. The summed E-state index contributed by atoms with van der Waals surface area (Å²) in [6.07, 6.45) is -0.0652. The first-order valence-electron chi connectivity index (χ1n) is 8.63. The van der Waals surface area contributed by atoms with E-state index in [4.69, 9.17) is 11.6 Å². The lowest BCUT2D eigenvalue weighted by Gasteiger charge is -2.24. The van der Waals surface area contributed by atoms with Crippen LogP contribution in [-0.4, -0.2) is 21.6 Å². The molecule has 1 atom stereocenters. The van der Waals surface area contributed by atoms with Gasteiger partial charge in [0.1, 0.15) is 17.7 Å². The zero-order chi connectivity index (χ0) is 19.8. The Morgan fingerprint density at radius 1 is 1.29 bits per heavy atom. The molecule has 0 aliphatic carbocycles. The van der Waals surface area contributed by atoms with E-state index in [-0.39, 0.29) is 12.3 Å². The van der Waals surface area contributed by atoms with Crippen LogP contribution < -0.4 is 10.6 Å². The third-order valence-corrected chi connectivity index (χ3v) is 4.81. The quantitative estimate of drug-likeness (QED) is 0.695. The van der Waals surface area contributed by atoms with Crippen LogP contribution in [0.25, 0.3) is 11.3 Å². The van der Waals surface area contributed by atoms with Gasteiger partial charge in [-0.15, -0.1) is 0 Å². The first-order valence-corrected chi connectivity index (χ1v) is 9.01. The minimum absolute atomic E-state index is 0.0652. The predicted molar refractivity (Wildman–Crippen MR) is 105 cm³/mol. The molecule has 0 unspecified atom stereocenters. The highest BCUT2D eigenvalue weighted by Gasteiger charge is 2.34. The number of aromatic nitrogens is 2. The molecule has 28 heavy (non-hydrogen) atoms. The van der Waals surface area contributed by atoms with Gasteiger partial charge in [-0.05, 0) is 37.3 Å². The molecule has 1 aromatic heterocycles. The highest BCUT2D eigenvalue weighted by molar-refractivity contribution is 6.30. The van der Waals surface area contributed by atoms with Crippen LogP contribution in [0.1, 0.15) is 18.0 Å². The lowest BCUT2D eigenvalue weighted by Crippen LogP contribution is -2.35. The molecule has 2 amide bonds. The Kier molecular flexibility index (Phi) is 4.60. The number of halogens is 2. The van der Waals surface area contributed by atoms with E-state index in [1.54, 1.807) is 18.2 Å². The van der Waals surface area contributed by atoms with E-state index in [0.29, 0.717) is 22.2 Å². The Morgan fingerprint density at radius 3 is 2.82 bits per heavy atom. The molecule has 0 saturated heterocycles. The molecule has 0 fully saturated rings. The number of carbonyl (C=O) groups excluding carboxylic acids is 2. The predicted octanol–water partition coefficient (Wildman–Crippen LogP) is 4.17. The maximum atomic E-state index is 13.4. The molecule has 6 nitrogen and oxygen atoms in total. The molecule has 1 aliphatic heterocycles. The number of benzene rings is 2. The zero-order valence-corrected chi connectivity index (χ0v) is 15.6. The SMILES string of the molecule is Cc1c(-c2cccc(Cl)c2)nn2c1NC(=O)C[C@@H]2C(=O)Nc1cccc(F)c1. The van der Waals surface area contributed by atoms with E-state index < -0.39 is 17.8 Å². The molecule has 2 N–H and O–H groups in total. The molecule has 0 radical (unpaired) electrons. The zero-order valence-electron chi connectivity index (χ0n) is 14.9. The highest BCUT2D eigenvalue weighted by atomic mass is 35.5. The van der Waals surface area contributed by atoms with Gasteiger partial charge in [0.25, 0.3) is 0 Å². The number of fused-ring (bicyclic) bond motifs is 1. The second kappa shape index (κ2) is 7.09. The van der Waals surface area contributed by atoms with Crippen LogP contribution in [0.3, 0.4) is 0 Å². The molecule has 0 spiro atoms. The normalized spacial score (nSPS) is 15.7. The van der Waals surface area contributed by atoms with Crippen molar-refractivity contribution in [1.29, 1.82) is 0 Å². The lowest BCUT2D eigenvalue weighted by molar-refractivity contribution is -0.125. The Labute approximate surface area is 165 Å². The number of rotatable bonds is 3. The summed E-state index contributed by atoms with van der Waals surface area (Å²) in [5.41, 5.74) is 2.46. The van der Waals surface area contributed by atoms with Gasteiger partial charge >= 0.3 is 0 Å². The third kappa shape index (κ3) is 3.36.